The van der Waals surface area contributed by atoms with Gasteiger partial charge in [0.05, 0.1) is 21.3 Å². The van der Waals surface area contributed by atoms with Crippen molar-refractivity contribution >= 4 is 15.9 Å². The normalized spacial score (nSPS) is 14.7. The van der Waals surface area contributed by atoms with Crippen LogP contribution in [0.2, 0.25) is 0 Å². The van der Waals surface area contributed by atoms with Gasteiger partial charge in [0.25, 0.3) is 0 Å². The van der Waals surface area contributed by atoms with Crippen molar-refractivity contribution in [3.05, 3.63) is 41.5 Å². The second-order valence-corrected chi connectivity index (χ2v) is 9.70. The first kappa shape index (κ1) is 24.7. The van der Waals surface area contributed by atoms with E-state index in [-0.39, 0.29) is 36.1 Å². The van der Waals surface area contributed by atoms with Crippen molar-refractivity contribution in [2.45, 2.75) is 24.7 Å². The highest BCUT2D eigenvalue weighted by Gasteiger charge is 2.31. The van der Waals surface area contributed by atoms with E-state index >= 15 is 0 Å². The van der Waals surface area contributed by atoms with Gasteiger partial charge in [-0.2, -0.15) is 4.31 Å². The van der Waals surface area contributed by atoms with Gasteiger partial charge < -0.3 is 24.2 Å². The van der Waals surface area contributed by atoms with Crippen LogP contribution in [0.1, 0.15) is 17.5 Å². The Kier molecular flexibility index (Phi) is 7.70. The zero-order chi connectivity index (χ0) is 24.2. The van der Waals surface area contributed by atoms with E-state index in [1.165, 1.54) is 37.8 Å². The lowest BCUT2D eigenvalue weighted by Crippen LogP contribution is -2.50. The first-order valence-corrected chi connectivity index (χ1v) is 12.0. The molecule has 3 rings (SSSR count). The van der Waals surface area contributed by atoms with Gasteiger partial charge in [-0.3, -0.25) is 4.79 Å². The van der Waals surface area contributed by atoms with Crippen LogP contribution in [0.15, 0.2) is 35.2 Å². The fourth-order valence-electron chi connectivity index (χ4n) is 3.83. The van der Waals surface area contributed by atoms with Crippen LogP contribution >= 0.6 is 0 Å². The molecule has 2 aromatic rings. The Bertz CT molecular complexity index is 1080. The molecule has 1 heterocycles. The number of carbonyl (C=O) groups is 1. The summed E-state index contributed by atoms with van der Waals surface area (Å²) < 4.78 is 43.2. The molecule has 0 saturated carbocycles. The van der Waals surface area contributed by atoms with E-state index in [4.69, 9.17) is 14.2 Å². The summed E-state index contributed by atoms with van der Waals surface area (Å²) in [5.74, 6) is 1.21. The summed E-state index contributed by atoms with van der Waals surface area (Å²) in [7, 11) is 0.771. The van der Waals surface area contributed by atoms with Crippen molar-refractivity contribution < 1.29 is 32.5 Å². The molecule has 0 radical (unpaired) electrons. The molecule has 33 heavy (non-hydrogen) atoms. The van der Waals surface area contributed by atoms with Crippen molar-refractivity contribution in [1.29, 1.82) is 0 Å². The third kappa shape index (κ3) is 5.33. The lowest BCUT2D eigenvalue weighted by Gasteiger charge is -2.34. The predicted octanol–water partition coefficient (Wildman–Crippen LogP) is 2.19. The number of sulfonamides is 1. The van der Waals surface area contributed by atoms with Gasteiger partial charge in [-0.1, -0.05) is 6.07 Å². The van der Waals surface area contributed by atoms with E-state index in [9.17, 15) is 18.3 Å². The van der Waals surface area contributed by atoms with Crippen molar-refractivity contribution in [2.75, 3.05) is 47.5 Å². The number of methoxy groups -OCH3 is 3. The number of ether oxygens (including phenoxy) is 3. The molecule has 0 bridgehead atoms. The van der Waals surface area contributed by atoms with Crippen LogP contribution in [-0.2, 0) is 21.2 Å². The number of phenolic OH excluding ortho intramolecular Hbond substituents is 1. The Morgan fingerprint density at radius 2 is 1.58 bits per heavy atom. The van der Waals surface area contributed by atoms with E-state index in [1.54, 1.807) is 17.9 Å². The molecule has 1 aliphatic rings. The monoisotopic (exact) mass is 478 g/mol. The summed E-state index contributed by atoms with van der Waals surface area (Å²) in [6.45, 7) is 2.69. The summed E-state index contributed by atoms with van der Waals surface area (Å²) in [5, 5.41) is 10.0. The van der Waals surface area contributed by atoms with Crippen LogP contribution in [0.4, 0.5) is 0 Å². The molecule has 1 saturated heterocycles. The Balaban J connectivity index is 1.62. The fraction of sp³-hybridized carbons (Fsp3) is 0.435. The number of aryl methyl sites for hydroxylation is 2. The maximum atomic E-state index is 12.9. The molecule has 10 heteroatoms. The van der Waals surface area contributed by atoms with E-state index < -0.39 is 10.0 Å². The van der Waals surface area contributed by atoms with Crippen LogP contribution < -0.4 is 14.2 Å². The van der Waals surface area contributed by atoms with Crippen molar-refractivity contribution in [1.82, 2.24) is 9.21 Å². The molecule has 180 valence electrons. The number of carbonyl (C=O) groups excluding carboxylic acids is 1. The molecule has 0 spiro atoms. The Labute approximate surface area is 194 Å². The molecule has 1 aliphatic heterocycles. The molecule has 0 unspecified atom stereocenters. The molecular formula is C23H30N2O7S. The minimum atomic E-state index is -3.84. The third-order valence-corrected chi connectivity index (χ3v) is 7.60. The van der Waals surface area contributed by atoms with Crippen molar-refractivity contribution in [2.24, 2.45) is 0 Å². The van der Waals surface area contributed by atoms with E-state index in [0.29, 0.717) is 36.8 Å². The highest BCUT2D eigenvalue weighted by atomic mass is 32.2. The lowest BCUT2D eigenvalue weighted by atomic mass is 10.1. The number of piperazine rings is 1. The molecule has 1 fully saturated rings. The number of nitrogens with zero attached hydrogens (tertiary/aromatic N) is 2. The number of phenols is 1. The van der Waals surface area contributed by atoms with Gasteiger partial charge in [-0.15, -0.1) is 0 Å². The second kappa shape index (κ2) is 10.3. The number of amides is 1. The van der Waals surface area contributed by atoms with E-state index in [0.717, 1.165) is 11.1 Å². The Morgan fingerprint density at radius 3 is 2.12 bits per heavy atom. The van der Waals surface area contributed by atoms with Crippen LogP contribution in [0.5, 0.6) is 23.0 Å². The lowest BCUT2D eigenvalue weighted by molar-refractivity contribution is -0.132. The summed E-state index contributed by atoms with van der Waals surface area (Å²) in [5.41, 5.74) is 1.61. The molecule has 0 aliphatic carbocycles. The van der Waals surface area contributed by atoms with Gasteiger partial charge in [0, 0.05) is 32.6 Å². The minimum Gasteiger partial charge on any atom is -0.507 e. The number of hydrogen-bond acceptors (Lipinski definition) is 7. The molecule has 1 N–H and O–H groups in total. The van der Waals surface area contributed by atoms with Crippen LogP contribution in [0.25, 0.3) is 0 Å². The fourth-order valence-corrected chi connectivity index (χ4v) is 5.42. The summed E-state index contributed by atoms with van der Waals surface area (Å²) in [6, 6.07) is 8.12. The van der Waals surface area contributed by atoms with Gasteiger partial charge >= 0.3 is 0 Å². The van der Waals surface area contributed by atoms with Gasteiger partial charge in [-0.25, -0.2) is 8.42 Å². The first-order valence-electron chi connectivity index (χ1n) is 10.6. The second-order valence-electron chi connectivity index (χ2n) is 7.79. The number of rotatable bonds is 8. The maximum Gasteiger partial charge on any atom is 0.246 e. The highest BCUT2D eigenvalue weighted by Crippen LogP contribution is 2.38. The Hall–Kier alpha value is -2.98. The van der Waals surface area contributed by atoms with Gasteiger partial charge in [0.15, 0.2) is 11.5 Å². The molecule has 9 nitrogen and oxygen atoms in total. The quantitative estimate of drug-likeness (QED) is 0.620. The number of hydrogen-bond donors (Lipinski definition) is 1. The molecule has 0 atom stereocenters. The zero-order valence-corrected chi connectivity index (χ0v) is 20.1. The summed E-state index contributed by atoms with van der Waals surface area (Å²) >= 11 is 0. The first-order chi connectivity index (χ1) is 15.7. The summed E-state index contributed by atoms with van der Waals surface area (Å²) in [6.07, 6.45) is 0.745. The molecule has 2 aromatic carbocycles. The van der Waals surface area contributed by atoms with Crippen molar-refractivity contribution in [3.8, 4) is 23.0 Å². The Morgan fingerprint density at radius 1 is 0.970 bits per heavy atom. The maximum absolute atomic E-state index is 12.9. The molecule has 0 aromatic heterocycles. The van der Waals surface area contributed by atoms with E-state index in [2.05, 4.69) is 0 Å². The van der Waals surface area contributed by atoms with Gasteiger partial charge in [0.2, 0.25) is 21.7 Å². The number of aromatic hydroxyl groups is 1. The number of benzene rings is 2. The van der Waals surface area contributed by atoms with Crippen LogP contribution in [0, 0.1) is 6.92 Å². The third-order valence-electron chi connectivity index (χ3n) is 5.68. The van der Waals surface area contributed by atoms with Crippen LogP contribution in [-0.4, -0.2) is 76.1 Å². The average molecular weight is 479 g/mol. The van der Waals surface area contributed by atoms with Gasteiger partial charge in [-0.05, 0) is 48.7 Å². The van der Waals surface area contributed by atoms with E-state index in [1.807, 2.05) is 12.1 Å². The van der Waals surface area contributed by atoms with Crippen LogP contribution in [0.3, 0.4) is 0 Å². The SMILES string of the molecule is COc1cc(CCC(=O)N2CCN(S(=O)(=O)c3cc(C)ccc3O)CC2)cc(OC)c1OC. The minimum absolute atomic E-state index is 0.0563. The largest absolute Gasteiger partial charge is 0.507 e. The predicted molar refractivity (Wildman–Crippen MR) is 123 cm³/mol. The zero-order valence-electron chi connectivity index (χ0n) is 19.3. The average Bonchev–Trinajstić information content (AvgIpc) is 2.83. The van der Waals surface area contributed by atoms with Crippen molar-refractivity contribution in [3.63, 3.8) is 0 Å². The molecular weight excluding hydrogens is 448 g/mol. The standard InChI is InChI=1S/C23H30N2O7S/c1-16-5-7-18(26)21(13-16)33(28,29)25-11-9-24(10-12-25)22(27)8-6-17-14-19(30-2)23(32-4)20(15-17)31-3/h5,7,13-15,26H,6,8-12H2,1-4H3. The topological polar surface area (TPSA) is 106 Å². The smallest absolute Gasteiger partial charge is 0.246 e. The summed E-state index contributed by atoms with van der Waals surface area (Å²) in [4.78, 5) is 14.3. The molecule has 1 amide bonds. The highest BCUT2D eigenvalue weighted by molar-refractivity contribution is 7.89. The van der Waals surface area contributed by atoms with Gasteiger partial charge in [0.1, 0.15) is 10.6 Å².